The Morgan fingerprint density at radius 3 is 2.82 bits per heavy atom. The lowest BCUT2D eigenvalue weighted by atomic mass is 9.70. The number of nitrogens with zero attached hydrogens (tertiary/aromatic N) is 4. The first-order valence-corrected chi connectivity index (χ1v) is 12.8. The van der Waals surface area contributed by atoms with Crippen molar-refractivity contribution < 1.29 is 0 Å². The summed E-state index contributed by atoms with van der Waals surface area (Å²) in [6, 6.07) is 1.96. The molecule has 2 unspecified atom stereocenters. The molecule has 1 saturated heterocycles. The van der Waals surface area contributed by atoms with Crippen LogP contribution in [0, 0.1) is 18.8 Å². The highest BCUT2D eigenvalue weighted by Crippen LogP contribution is 2.31. The van der Waals surface area contributed by atoms with Crippen LogP contribution in [-0.2, 0) is 0 Å². The fourth-order valence-corrected chi connectivity index (χ4v) is 4.95. The van der Waals surface area contributed by atoms with Crippen molar-refractivity contribution in [3.63, 3.8) is 0 Å². The molecule has 179 valence electrons. The van der Waals surface area contributed by atoms with E-state index in [0.29, 0.717) is 17.7 Å². The number of rotatable bonds is 4. The molecular formula is C26H35BClN6. The van der Waals surface area contributed by atoms with Crippen molar-refractivity contribution in [1.82, 2.24) is 20.4 Å². The zero-order valence-electron chi connectivity index (χ0n) is 20.5. The minimum absolute atomic E-state index is 0.313. The van der Waals surface area contributed by atoms with Crippen molar-refractivity contribution in [3.8, 4) is 0 Å². The molecule has 1 fully saturated rings. The van der Waals surface area contributed by atoms with E-state index in [1.165, 1.54) is 11.1 Å². The number of amidine groups is 2. The Kier molecular flexibility index (Phi) is 8.62. The highest BCUT2D eigenvalue weighted by atomic mass is 35.5. The van der Waals surface area contributed by atoms with Gasteiger partial charge in [-0.2, -0.15) is 5.10 Å². The van der Waals surface area contributed by atoms with Crippen molar-refractivity contribution in [3.05, 3.63) is 58.2 Å². The molecular weight excluding hydrogens is 443 g/mol. The number of nitrogens with one attached hydrogen (secondary N) is 2. The molecule has 0 aliphatic carbocycles. The Bertz CT molecular complexity index is 1040. The lowest BCUT2D eigenvalue weighted by Crippen LogP contribution is -2.46. The first-order chi connectivity index (χ1) is 16.5. The summed E-state index contributed by atoms with van der Waals surface area (Å²) < 4.78 is 0. The molecule has 2 atom stereocenters. The lowest BCUT2D eigenvalue weighted by Gasteiger charge is -2.31. The fourth-order valence-electron chi connectivity index (χ4n) is 4.74. The Balaban J connectivity index is 1.70. The number of piperazine rings is 1. The molecule has 2 N–H and O–H groups in total. The summed E-state index contributed by atoms with van der Waals surface area (Å²) >= 11 is 6.25. The maximum Gasteiger partial charge on any atom is 0.176 e. The SMILES string of the molecule is CC/C1=C/C(=Nc2cc(C)[nH]n2)N=C(N2CCNCC2)CCC(C)C1/C=C/C1=CC[B]C(Cl)=C1. The van der Waals surface area contributed by atoms with Gasteiger partial charge in [-0.25, -0.2) is 9.98 Å². The maximum atomic E-state index is 6.25. The average molecular weight is 478 g/mol. The van der Waals surface area contributed by atoms with Gasteiger partial charge < -0.3 is 10.2 Å². The number of aromatic amines is 1. The van der Waals surface area contributed by atoms with E-state index in [4.69, 9.17) is 21.6 Å². The third-order valence-electron chi connectivity index (χ3n) is 6.70. The van der Waals surface area contributed by atoms with E-state index < -0.39 is 0 Å². The van der Waals surface area contributed by atoms with Crippen LogP contribution in [0.25, 0.3) is 0 Å². The number of aliphatic imine (C=N–C) groups is 2. The number of hydrogen-bond donors (Lipinski definition) is 2. The standard InChI is InChI=1S/C26H35BClN6/c1-4-21-17-24(30-25-15-19(3)32-33-25)31-26(34-13-11-29-12-14-34)8-5-18(2)22(21)7-6-20-9-10-27-23(28)16-20/h6-7,9,15-18,22,29H,4-5,8,10-14H2,1-3H3,(H,32,33)/b7-6+,21-17-,30-24?,31-26?. The minimum atomic E-state index is 0.313. The number of aryl methyl sites for hydroxylation is 1. The third-order valence-corrected chi connectivity index (χ3v) is 6.96. The summed E-state index contributed by atoms with van der Waals surface area (Å²) in [5.41, 5.74) is 3.51. The molecule has 8 heteroatoms. The molecule has 0 spiro atoms. The molecule has 1 aromatic rings. The van der Waals surface area contributed by atoms with E-state index in [9.17, 15) is 0 Å². The third kappa shape index (κ3) is 6.60. The molecule has 4 rings (SSSR count). The summed E-state index contributed by atoms with van der Waals surface area (Å²) in [5.74, 6) is 3.34. The van der Waals surface area contributed by atoms with Gasteiger partial charge >= 0.3 is 0 Å². The van der Waals surface area contributed by atoms with E-state index in [-0.39, 0.29) is 0 Å². The zero-order chi connectivity index (χ0) is 23.9. The second kappa shape index (κ2) is 11.9. The summed E-state index contributed by atoms with van der Waals surface area (Å²) in [4.78, 5) is 13.2. The van der Waals surface area contributed by atoms with Crippen LogP contribution >= 0.6 is 11.6 Å². The highest BCUT2D eigenvalue weighted by Gasteiger charge is 2.24. The molecule has 0 amide bonds. The van der Waals surface area contributed by atoms with E-state index in [0.717, 1.165) is 74.1 Å². The zero-order valence-corrected chi connectivity index (χ0v) is 21.3. The molecule has 4 heterocycles. The largest absolute Gasteiger partial charge is 0.357 e. The van der Waals surface area contributed by atoms with Crippen LogP contribution in [0.4, 0.5) is 5.82 Å². The number of allylic oxidation sites excluding steroid dienone is 6. The highest BCUT2D eigenvalue weighted by molar-refractivity contribution is 6.64. The Hall–Kier alpha value is -2.38. The van der Waals surface area contributed by atoms with Crippen LogP contribution < -0.4 is 5.32 Å². The van der Waals surface area contributed by atoms with Crippen molar-refractivity contribution in [1.29, 1.82) is 0 Å². The topological polar surface area (TPSA) is 68.7 Å². The van der Waals surface area contributed by atoms with Crippen molar-refractivity contribution in [2.45, 2.75) is 46.4 Å². The van der Waals surface area contributed by atoms with Crippen molar-refractivity contribution in [2.24, 2.45) is 21.8 Å². The van der Waals surface area contributed by atoms with Gasteiger partial charge in [0.05, 0.1) is 0 Å². The molecule has 1 aromatic heterocycles. The second-order valence-corrected chi connectivity index (χ2v) is 9.73. The second-order valence-electron chi connectivity index (χ2n) is 9.29. The molecule has 0 saturated carbocycles. The monoisotopic (exact) mass is 477 g/mol. The van der Waals surface area contributed by atoms with Crippen LogP contribution in [0.3, 0.4) is 0 Å². The van der Waals surface area contributed by atoms with Crippen LogP contribution in [0.5, 0.6) is 0 Å². The van der Waals surface area contributed by atoms with Gasteiger partial charge in [0.2, 0.25) is 0 Å². The number of aromatic nitrogens is 2. The van der Waals surface area contributed by atoms with Gasteiger partial charge in [-0.15, -0.1) is 11.6 Å². The van der Waals surface area contributed by atoms with Crippen LogP contribution in [-0.4, -0.2) is 60.2 Å². The predicted molar refractivity (Wildman–Crippen MR) is 144 cm³/mol. The van der Waals surface area contributed by atoms with Gasteiger partial charge in [-0.3, -0.25) is 5.10 Å². The lowest BCUT2D eigenvalue weighted by molar-refractivity contribution is 0.345. The number of halogens is 1. The number of hydrogen-bond acceptors (Lipinski definition) is 4. The quantitative estimate of drug-likeness (QED) is 0.590. The van der Waals surface area contributed by atoms with E-state index >= 15 is 0 Å². The van der Waals surface area contributed by atoms with Gasteiger partial charge in [0.15, 0.2) is 18.9 Å². The molecule has 1 radical (unpaired) electrons. The Morgan fingerprint density at radius 1 is 1.29 bits per heavy atom. The van der Waals surface area contributed by atoms with Crippen molar-refractivity contribution in [2.75, 3.05) is 26.2 Å². The smallest absolute Gasteiger partial charge is 0.176 e. The van der Waals surface area contributed by atoms with E-state index in [1.807, 2.05) is 26.3 Å². The van der Waals surface area contributed by atoms with Gasteiger partial charge in [0, 0.05) is 50.3 Å². The first-order valence-electron chi connectivity index (χ1n) is 12.4. The van der Waals surface area contributed by atoms with Gasteiger partial charge in [-0.1, -0.05) is 50.0 Å². The predicted octanol–water partition coefficient (Wildman–Crippen LogP) is 5.13. The van der Waals surface area contributed by atoms with E-state index in [2.05, 4.69) is 58.6 Å². The van der Waals surface area contributed by atoms with Gasteiger partial charge in [0.25, 0.3) is 0 Å². The maximum absolute atomic E-state index is 6.25. The molecule has 6 nitrogen and oxygen atoms in total. The minimum Gasteiger partial charge on any atom is -0.357 e. The molecule has 3 aliphatic heterocycles. The molecule has 0 bridgehead atoms. The first kappa shape index (κ1) is 24.7. The summed E-state index contributed by atoms with van der Waals surface area (Å²) in [6.45, 7) is 10.5. The van der Waals surface area contributed by atoms with Gasteiger partial charge in [0.1, 0.15) is 5.84 Å². The average Bonchev–Trinajstić information content (AvgIpc) is 3.27. The molecule has 3 aliphatic rings. The normalized spacial score (nSPS) is 27.2. The molecule has 0 aromatic carbocycles. The fraction of sp³-hybridized carbons (Fsp3) is 0.500. The van der Waals surface area contributed by atoms with Crippen LogP contribution in [0.1, 0.15) is 38.8 Å². The summed E-state index contributed by atoms with van der Waals surface area (Å²) in [6.07, 6.45) is 14.9. The summed E-state index contributed by atoms with van der Waals surface area (Å²) in [5, 5.41) is 10.8. The number of H-pyrrole nitrogens is 1. The van der Waals surface area contributed by atoms with E-state index in [1.54, 1.807) is 0 Å². The molecule has 34 heavy (non-hydrogen) atoms. The Labute approximate surface area is 209 Å². The van der Waals surface area contributed by atoms with Crippen molar-refractivity contribution >= 4 is 36.4 Å². The van der Waals surface area contributed by atoms with Crippen LogP contribution in [0.2, 0.25) is 6.32 Å². The summed E-state index contributed by atoms with van der Waals surface area (Å²) in [7, 11) is 2.04. The van der Waals surface area contributed by atoms with Gasteiger partial charge in [-0.05, 0) is 42.3 Å². The Morgan fingerprint density at radius 2 is 2.12 bits per heavy atom. The van der Waals surface area contributed by atoms with Crippen LogP contribution in [0.15, 0.2) is 62.5 Å².